The minimum atomic E-state index is -1.35. The van der Waals surface area contributed by atoms with E-state index in [1.165, 1.54) is 0 Å². The van der Waals surface area contributed by atoms with Crippen molar-refractivity contribution in [1.82, 2.24) is 10.2 Å². The van der Waals surface area contributed by atoms with E-state index in [1.807, 2.05) is 13.8 Å². The number of nitrogens with one attached hydrogen (secondary N) is 2. The number of ether oxygens (including phenoxy) is 4. The van der Waals surface area contributed by atoms with Gasteiger partial charge in [0.05, 0.1) is 63.0 Å². The molecule has 4 amide bonds. The topological polar surface area (TPSA) is 222 Å². The zero-order valence-corrected chi connectivity index (χ0v) is 32.3. The summed E-state index contributed by atoms with van der Waals surface area (Å²) in [6, 6.07) is 8.61. The number of benzene rings is 2. The summed E-state index contributed by atoms with van der Waals surface area (Å²) in [5, 5.41) is 20.2. The van der Waals surface area contributed by atoms with Gasteiger partial charge < -0.3 is 39.6 Å². The molecule has 0 saturated carbocycles. The first-order valence-electron chi connectivity index (χ1n) is 18.5. The van der Waals surface area contributed by atoms with Crippen LogP contribution in [0.1, 0.15) is 60.2 Å². The molecular weight excluding hydrogens is 726 g/mol. The zero-order valence-electron chi connectivity index (χ0n) is 32.3. The fourth-order valence-electron chi connectivity index (χ4n) is 6.15. The van der Waals surface area contributed by atoms with Gasteiger partial charge in [-0.1, -0.05) is 36.3 Å². The molecule has 0 spiro atoms. The van der Waals surface area contributed by atoms with Gasteiger partial charge in [0.2, 0.25) is 11.8 Å². The number of Topliss-reactive ketones (excluding diaryl/α,β-unsaturated/α-hetero) is 1. The first-order chi connectivity index (χ1) is 26.8. The van der Waals surface area contributed by atoms with Gasteiger partial charge in [-0.15, -0.1) is 0 Å². The number of hydrogen-bond donors (Lipinski definition) is 3. The Morgan fingerprint density at radius 1 is 1.00 bits per heavy atom. The highest BCUT2D eigenvalue weighted by Crippen LogP contribution is 2.37. The van der Waals surface area contributed by atoms with Crippen molar-refractivity contribution in [2.75, 3.05) is 62.9 Å². The predicted octanol–water partition coefficient (Wildman–Crippen LogP) is 4.34. The maximum Gasteiger partial charge on any atom is 0.416 e. The molecule has 4 atom stereocenters. The summed E-state index contributed by atoms with van der Waals surface area (Å²) in [5.41, 5.74) is 12.4. The number of fused-ring (bicyclic) bond motifs is 2. The molecule has 0 radical (unpaired) electrons. The van der Waals surface area contributed by atoms with Gasteiger partial charge in [-0.3, -0.25) is 19.2 Å². The highest BCUT2D eigenvalue weighted by molar-refractivity contribution is 6.05. The van der Waals surface area contributed by atoms with Crippen LogP contribution in [-0.2, 0) is 39.9 Å². The molecular formula is C39H51N7O10. The maximum absolute atomic E-state index is 13.6. The molecule has 0 bridgehead atoms. The molecule has 17 nitrogen and oxygen atoms in total. The predicted molar refractivity (Wildman–Crippen MR) is 206 cm³/mol. The number of aryl methyl sites for hydroxylation is 2. The average molecular weight is 778 g/mol. The second kappa shape index (κ2) is 21.1. The number of aliphatic hydroxyl groups is 1. The van der Waals surface area contributed by atoms with E-state index in [-0.39, 0.29) is 68.4 Å². The van der Waals surface area contributed by atoms with Crippen molar-refractivity contribution < 1.29 is 48.0 Å². The quantitative estimate of drug-likeness (QED) is 0.0567. The number of nitrogens with zero attached hydrogens (tertiary/aromatic N) is 5. The first kappa shape index (κ1) is 43.4. The highest BCUT2D eigenvalue weighted by atomic mass is 16.6. The maximum atomic E-state index is 13.6. The van der Waals surface area contributed by atoms with Gasteiger partial charge in [0.15, 0.2) is 12.0 Å². The lowest BCUT2D eigenvalue weighted by molar-refractivity contribution is -0.130. The van der Waals surface area contributed by atoms with Crippen LogP contribution < -0.4 is 15.5 Å². The largest absolute Gasteiger partial charge is 0.444 e. The van der Waals surface area contributed by atoms with Gasteiger partial charge in [0, 0.05) is 42.4 Å². The van der Waals surface area contributed by atoms with Crippen LogP contribution in [0.3, 0.4) is 0 Å². The Morgan fingerprint density at radius 3 is 2.32 bits per heavy atom. The van der Waals surface area contributed by atoms with Crippen molar-refractivity contribution in [3.8, 4) is 0 Å². The molecule has 4 rings (SSSR count). The smallest absolute Gasteiger partial charge is 0.416 e. The number of aliphatic hydroxyl groups excluding tert-OH is 1. The molecule has 2 aromatic rings. The molecule has 17 heteroatoms. The lowest BCUT2D eigenvalue weighted by Crippen LogP contribution is -2.50. The van der Waals surface area contributed by atoms with E-state index in [1.54, 1.807) is 55.1 Å². The van der Waals surface area contributed by atoms with Crippen molar-refractivity contribution in [2.24, 2.45) is 11.0 Å². The van der Waals surface area contributed by atoms with Crippen molar-refractivity contribution in [1.29, 1.82) is 0 Å². The second-order valence-electron chi connectivity index (χ2n) is 13.8. The number of rotatable bonds is 20. The molecule has 2 aliphatic rings. The molecule has 1 unspecified atom stereocenters. The standard InChI is InChI=1S/C39H51N7O10/c1-24-18-33-38(51)46(32-20-26(3)25(2)19-31(32)37(50)45(33)22-24)39(52)56-23-29-6-8-30(9-7-29)43-36(49)27(4)21-34(47)28(5)42-35(48)10-12-53-14-16-55-17-15-54-13-11-41-44-40/h6-9,19-20,27-28,33,38,51H,1,10-18,21-23H2,2-5H3,(H,42,48)(H,43,49)/t27-,28+,33+,38?/m1/s1. The molecule has 2 aromatic carbocycles. The van der Waals surface area contributed by atoms with Crippen molar-refractivity contribution in [3.05, 3.63) is 81.2 Å². The summed E-state index contributed by atoms with van der Waals surface area (Å²) >= 11 is 0. The molecule has 1 saturated heterocycles. The molecule has 0 aliphatic carbocycles. The number of azide groups is 1. The van der Waals surface area contributed by atoms with Gasteiger partial charge in [0.1, 0.15) is 6.61 Å². The third kappa shape index (κ3) is 12.1. The molecule has 3 N–H and O–H groups in total. The summed E-state index contributed by atoms with van der Waals surface area (Å²) in [6.45, 7) is 13.1. The van der Waals surface area contributed by atoms with Gasteiger partial charge >= 0.3 is 6.09 Å². The number of amides is 4. The van der Waals surface area contributed by atoms with E-state index >= 15 is 0 Å². The summed E-state index contributed by atoms with van der Waals surface area (Å²) in [4.78, 5) is 70.3. The highest BCUT2D eigenvalue weighted by Gasteiger charge is 2.46. The molecule has 2 heterocycles. The Kier molecular flexibility index (Phi) is 16.4. The van der Waals surface area contributed by atoms with Crippen LogP contribution in [0.25, 0.3) is 10.4 Å². The fraction of sp³-hybridized carbons (Fsp3) is 0.513. The SMILES string of the molecule is C=C1C[C@H]2C(O)N(C(=O)OCc3ccc(NC(=O)[C@H](C)CC(=O)[C@H](C)NC(=O)CCOCCOCCOCCN=[N+]=[N-])cc3)c3cc(C)c(C)cc3C(=O)N2C1. The second-order valence-corrected chi connectivity index (χ2v) is 13.8. The van der Waals surface area contributed by atoms with Crippen LogP contribution in [0.2, 0.25) is 0 Å². The van der Waals surface area contributed by atoms with Crippen LogP contribution in [0.15, 0.2) is 53.7 Å². The van der Waals surface area contributed by atoms with Crippen LogP contribution in [0.5, 0.6) is 0 Å². The Balaban J connectivity index is 1.18. The first-order valence-corrected chi connectivity index (χ1v) is 18.5. The third-order valence-corrected chi connectivity index (χ3v) is 9.48. The van der Waals surface area contributed by atoms with E-state index in [0.717, 1.165) is 21.6 Å². The summed E-state index contributed by atoms with van der Waals surface area (Å²) in [7, 11) is 0. The Labute approximate surface area is 325 Å². The zero-order chi connectivity index (χ0) is 40.8. The van der Waals surface area contributed by atoms with E-state index in [0.29, 0.717) is 56.2 Å². The number of anilines is 2. The summed E-state index contributed by atoms with van der Waals surface area (Å²) < 4.78 is 21.6. The molecule has 302 valence electrons. The Morgan fingerprint density at radius 2 is 1.64 bits per heavy atom. The summed E-state index contributed by atoms with van der Waals surface area (Å²) in [5.74, 6) is -2.01. The molecule has 56 heavy (non-hydrogen) atoms. The Hall–Kier alpha value is -5.32. The van der Waals surface area contributed by atoms with Gasteiger partial charge in [-0.25, -0.2) is 9.69 Å². The van der Waals surface area contributed by atoms with E-state index in [9.17, 15) is 29.1 Å². The van der Waals surface area contributed by atoms with E-state index in [4.69, 9.17) is 24.5 Å². The van der Waals surface area contributed by atoms with Crippen LogP contribution in [0.4, 0.5) is 16.2 Å². The summed E-state index contributed by atoms with van der Waals surface area (Å²) in [6.07, 6.45) is -1.85. The molecule has 2 aliphatic heterocycles. The van der Waals surface area contributed by atoms with E-state index < -0.39 is 30.3 Å². The van der Waals surface area contributed by atoms with Crippen molar-refractivity contribution in [3.63, 3.8) is 0 Å². The van der Waals surface area contributed by atoms with Gasteiger partial charge in [-0.2, -0.15) is 0 Å². The number of hydrogen-bond acceptors (Lipinski definition) is 11. The lowest BCUT2D eigenvalue weighted by Gasteiger charge is -2.31. The van der Waals surface area contributed by atoms with Crippen LogP contribution in [-0.4, -0.2) is 111 Å². The monoisotopic (exact) mass is 777 g/mol. The normalized spacial score (nSPS) is 17.2. The van der Waals surface area contributed by atoms with Crippen molar-refractivity contribution >= 4 is 41.0 Å². The minimum Gasteiger partial charge on any atom is -0.444 e. The third-order valence-electron chi connectivity index (χ3n) is 9.48. The Bertz CT molecular complexity index is 1800. The molecule has 0 aromatic heterocycles. The lowest BCUT2D eigenvalue weighted by atomic mass is 10.00. The fourth-order valence-corrected chi connectivity index (χ4v) is 6.15. The van der Waals surface area contributed by atoms with Gasteiger partial charge in [-0.05, 0) is 73.7 Å². The van der Waals surface area contributed by atoms with Crippen molar-refractivity contribution in [2.45, 2.75) is 71.9 Å². The minimum absolute atomic E-state index is 0.0513. The average Bonchev–Trinajstić information content (AvgIpc) is 3.54. The number of carbonyl (C=O) groups is 5. The van der Waals surface area contributed by atoms with Crippen LogP contribution in [0, 0.1) is 19.8 Å². The number of ketones is 1. The van der Waals surface area contributed by atoms with Crippen LogP contribution >= 0.6 is 0 Å². The molecule has 1 fully saturated rings. The van der Waals surface area contributed by atoms with E-state index in [2.05, 4.69) is 27.2 Å². The number of carbonyl (C=O) groups excluding carboxylic acids is 5. The van der Waals surface area contributed by atoms with Gasteiger partial charge in [0.25, 0.3) is 5.91 Å².